The Balaban J connectivity index is 1.98. The van der Waals surface area contributed by atoms with Crippen molar-refractivity contribution in [3.8, 4) is 0 Å². The molecule has 0 bridgehead atoms. The van der Waals surface area contributed by atoms with Gasteiger partial charge in [0.1, 0.15) is 0 Å². The number of aryl methyl sites for hydroxylation is 1. The van der Waals surface area contributed by atoms with E-state index in [2.05, 4.69) is 0 Å². The fourth-order valence-electron chi connectivity index (χ4n) is 3.04. The summed E-state index contributed by atoms with van der Waals surface area (Å²) in [6.45, 7) is 1.77. The van der Waals surface area contributed by atoms with Gasteiger partial charge in [-0.05, 0) is 36.1 Å². The number of carbonyl (C=O) groups is 3. The summed E-state index contributed by atoms with van der Waals surface area (Å²) in [5, 5.41) is 2.11. The lowest BCUT2D eigenvalue weighted by molar-refractivity contribution is -0.154. The monoisotopic (exact) mass is 296 g/mol. The largest absolute Gasteiger partial charge is 0.460 e. The second-order valence-electron chi connectivity index (χ2n) is 5.35. The molecule has 0 N–H and O–H groups in total. The summed E-state index contributed by atoms with van der Waals surface area (Å²) in [6.07, 6.45) is 0.968. The Labute approximate surface area is 128 Å². The van der Waals surface area contributed by atoms with Crippen molar-refractivity contribution >= 4 is 28.3 Å². The molecule has 0 heterocycles. The first-order chi connectivity index (χ1) is 10.6. The van der Waals surface area contributed by atoms with Crippen molar-refractivity contribution in [2.24, 2.45) is 5.92 Å². The minimum atomic E-state index is -0.912. The molecule has 0 saturated heterocycles. The number of fused-ring (bicyclic) bond motifs is 3. The Morgan fingerprint density at radius 2 is 1.95 bits per heavy atom. The maximum absolute atomic E-state index is 12.6. The number of ether oxygens (including phenoxy) is 1. The van der Waals surface area contributed by atoms with Crippen LogP contribution in [0.2, 0.25) is 0 Å². The predicted molar refractivity (Wildman–Crippen MR) is 81.7 cm³/mol. The highest BCUT2D eigenvalue weighted by molar-refractivity contribution is 6.39. The predicted octanol–water partition coefficient (Wildman–Crippen LogP) is 2.72. The molecule has 4 nitrogen and oxygen atoms in total. The molecule has 0 aliphatic heterocycles. The molecule has 1 unspecified atom stereocenters. The van der Waals surface area contributed by atoms with Crippen LogP contribution < -0.4 is 0 Å². The highest BCUT2D eigenvalue weighted by Gasteiger charge is 2.37. The van der Waals surface area contributed by atoms with Gasteiger partial charge in [0, 0.05) is 5.56 Å². The summed E-state index contributed by atoms with van der Waals surface area (Å²) in [4.78, 5) is 36.2. The van der Waals surface area contributed by atoms with Crippen molar-refractivity contribution in [2.45, 2.75) is 19.8 Å². The summed E-state index contributed by atoms with van der Waals surface area (Å²) < 4.78 is 4.72. The van der Waals surface area contributed by atoms with Gasteiger partial charge in [0.15, 0.2) is 5.78 Å². The molecule has 0 radical (unpaired) electrons. The minimum absolute atomic E-state index is 0.132. The molecule has 1 atom stereocenters. The molecular formula is C18H16O4. The van der Waals surface area contributed by atoms with Gasteiger partial charge in [0.2, 0.25) is 0 Å². The molecule has 22 heavy (non-hydrogen) atoms. The first-order valence-corrected chi connectivity index (χ1v) is 7.39. The lowest BCUT2D eigenvalue weighted by Crippen LogP contribution is -2.35. The molecule has 0 amide bonds. The van der Waals surface area contributed by atoms with Crippen LogP contribution in [0.5, 0.6) is 0 Å². The molecule has 2 aromatic carbocycles. The minimum Gasteiger partial charge on any atom is -0.460 e. The van der Waals surface area contributed by atoms with E-state index in [0.29, 0.717) is 18.4 Å². The van der Waals surface area contributed by atoms with Gasteiger partial charge in [-0.25, -0.2) is 4.79 Å². The number of benzene rings is 2. The van der Waals surface area contributed by atoms with E-state index in [9.17, 15) is 14.4 Å². The van der Waals surface area contributed by atoms with E-state index in [1.165, 1.54) is 0 Å². The van der Waals surface area contributed by atoms with Crippen molar-refractivity contribution in [3.05, 3.63) is 47.5 Å². The molecule has 1 aliphatic carbocycles. The topological polar surface area (TPSA) is 60.4 Å². The van der Waals surface area contributed by atoms with Crippen LogP contribution in [0.1, 0.15) is 29.3 Å². The van der Waals surface area contributed by atoms with Crippen LogP contribution >= 0.6 is 0 Å². The molecule has 0 fully saturated rings. The fraction of sp³-hybridized carbons (Fsp3) is 0.278. The molecular weight excluding hydrogens is 280 g/mol. The van der Waals surface area contributed by atoms with E-state index < -0.39 is 17.7 Å². The highest BCUT2D eigenvalue weighted by atomic mass is 16.5. The normalized spacial score (nSPS) is 17.1. The van der Waals surface area contributed by atoms with Crippen LogP contribution in [0, 0.1) is 5.92 Å². The first kappa shape index (κ1) is 14.4. The van der Waals surface area contributed by atoms with Crippen molar-refractivity contribution in [1.29, 1.82) is 0 Å². The van der Waals surface area contributed by atoms with Gasteiger partial charge < -0.3 is 4.74 Å². The molecule has 4 heteroatoms. The molecule has 0 spiro atoms. The standard InChI is InChI=1S/C18H16O4/c1-2-22-18(21)17(20)15-10-9-13-12-6-4-3-5-11(12)7-8-14(13)16(15)19/h3-8,15H,2,9-10H2,1H3. The van der Waals surface area contributed by atoms with Gasteiger partial charge in [0.25, 0.3) is 5.78 Å². The fourth-order valence-corrected chi connectivity index (χ4v) is 3.04. The summed E-state index contributed by atoms with van der Waals surface area (Å²) in [7, 11) is 0. The van der Waals surface area contributed by atoms with E-state index in [0.717, 1.165) is 16.3 Å². The summed E-state index contributed by atoms with van der Waals surface area (Å²) in [6, 6.07) is 11.5. The molecule has 112 valence electrons. The zero-order valence-corrected chi connectivity index (χ0v) is 12.3. The van der Waals surface area contributed by atoms with Crippen LogP contribution in [-0.2, 0) is 20.7 Å². The van der Waals surface area contributed by atoms with Gasteiger partial charge in [-0.15, -0.1) is 0 Å². The highest BCUT2D eigenvalue weighted by Crippen LogP contribution is 2.32. The number of ketones is 2. The Morgan fingerprint density at radius 3 is 2.73 bits per heavy atom. The quantitative estimate of drug-likeness (QED) is 0.496. The van der Waals surface area contributed by atoms with E-state index >= 15 is 0 Å². The van der Waals surface area contributed by atoms with Gasteiger partial charge in [0.05, 0.1) is 12.5 Å². The number of esters is 1. The number of Topliss-reactive ketones (excluding diaryl/α,β-unsaturated/α-hetero) is 2. The molecule has 1 aliphatic rings. The van der Waals surface area contributed by atoms with Gasteiger partial charge >= 0.3 is 5.97 Å². The van der Waals surface area contributed by atoms with Crippen LogP contribution in [0.25, 0.3) is 10.8 Å². The Hall–Kier alpha value is -2.49. The first-order valence-electron chi connectivity index (χ1n) is 7.39. The third kappa shape index (κ3) is 2.30. The van der Waals surface area contributed by atoms with Crippen LogP contribution in [0.15, 0.2) is 36.4 Å². The van der Waals surface area contributed by atoms with Crippen molar-refractivity contribution in [2.75, 3.05) is 6.61 Å². The smallest absolute Gasteiger partial charge is 0.375 e. The van der Waals surface area contributed by atoms with Crippen LogP contribution in [0.4, 0.5) is 0 Å². The molecule has 0 saturated carbocycles. The van der Waals surface area contributed by atoms with E-state index in [1.54, 1.807) is 13.0 Å². The number of carbonyl (C=O) groups excluding carboxylic acids is 3. The maximum atomic E-state index is 12.6. The molecule has 0 aromatic heterocycles. The van der Waals surface area contributed by atoms with Crippen molar-refractivity contribution in [3.63, 3.8) is 0 Å². The van der Waals surface area contributed by atoms with E-state index in [4.69, 9.17) is 4.74 Å². The number of rotatable bonds is 3. The zero-order valence-electron chi connectivity index (χ0n) is 12.3. The SMILES string of the molecule is CCOC(=O)C(=O)C1CCc2c(ccc3ccccc23)C1=O. The van der Waals surface area contributed by atoms with E-state index in [-0.39, 0.29) is 12.4 Å². The third-order valence-electron chi connectivity index (χ3n) is 4.10. The summed E-state index contributed by atoms with van der Waals surface area (Å²) in [5.74, 6) is -2.83. The number of hydrogen-bond donors (Lipinski definition) is 0. The van der Waals surface area contributed by atoms with Gasteiger partial charge in [-0.2, -0.15) is 0 Å². The third-order valence-corrected chi connectivity index (χ3v) is 4.10. The zero-order chi connectivity index (χ0) is 15.7. The van der Waals surface area contributed by atoms with Crippen LogP contribution in [0.3, 0.4) is 0 Å². The lowest BCUT2D eigenvalue weighted by Gasteiger charge is -2.23. The van der Waals surface area contributed by atoms with E-state index in [1.807, 2.05) is 30.3 Å². The van der Waals surface area contributed by atoms with Gasteiger partial charge in [-0.3, -0.25) is 9.59 Å². The molecule has 2 aromatic rings. The second kappa shape index (κ2) is 5.72. The Kier molecular flexibility index (Phi) is 3.75. The maximum Gasteiger partial charge on any atom is 0.375 e. The Bertz CT molecular complexity index is 776. The van der Waals surface area contributed by atoms with Crippen LogP contribution in [-0.4, -0.2) is 24.1 Å². The van der Waals surface area contributed by atoms with Crippen molar-refractivity contribution in [1.82, 2.24) is 0 Å². The number of hydrogen-bond acceptors (Lipinski definition) is 4. The Morgan fingerprint density at radius 1 is 1.18 bits per heavy atom. The lowest BCUT2D eigenvalue weighted by atomic mass is 9.79. The average molecular weight is 296 g/mol. The summed E-state index contributed by atoms with van der Waals surface area (Å²) >= 11 is 0. The average Bonchev–Trinajstić information content (AvgIpc) is 2.54. The van der Waals surface area contributed by atoms with Crippen molar-refractivity contribution < 1.29 is 19.1 Å². The summed E-state index contributed by atoms with van der Waals surface area (Å²) in [5.41, 5.74) is 1.52. The second-order valence-corrected chi connectivity index (χ2v) is 5.35. The molecule has 3 rings (SSSR count). The van der Waals surface area contributed by atoms with Gasteiger partial charge in [-0.1, -0.05) is 36.4 Å².